The Balaban J connectivity index is 0.00000324. The highest BCUT2D eigenvalue weighted by Crippen LogP contribution is 2.09. The van der Waals surface area contributed by atoms with Gasteiger partial charge in [0, 0.05) is 25.3 Å². The third kappa shape index (κ3) is 7.25. The van der Waals surface area contributed by atoms with E-state index in [1.807, 2.05) is 18.2 Å². The number of likely N-dealkylation sites (N-methyl/N-ethyl adjacent to an activating group) is 1. The Morgan fingerprint density at radius 3 is 2.58 bits per heavy atom. The van der Waals surface area contributed by atoms with Crippen molar-refractivity contribution in [1.29, 1.82) is 0 Å². The molecule has 0 radical (unpaired) electrons. The third-order valence-electron chi connectivity index (χ3n) is 2.92. The van der Waals surface area contributed by atoms with Crippen molar-refractivity contribution in [1.82, 2.24) is 5.32 Å². The topological polar surface area (TPSA) is 53.6 Å². The molecule has 1 unspecified atom stereocenters. The zero-order valence-corrected chi connectivity index (χ0v) is 14.3. The first-order valence-electron chi connectivity index (χ1n) is 6.46. The van der Waals surface area contributed by atoms with E-state index in [9.17, 15) is 0 Å². The van der Waals surface area contributed by atoms with E-state index in [0.717, 1.165) is 13.0 Å². The fourth-order valence-electron chi connectivity index (χ4n) is 1.53. The lowest BCUT2D eigenvalue weighted by Crippen LogP contribution is -2.38. The van der Waals surface area contributed by atoms with Crippen molar-refractivity contribution in [3.05, 3.63) is 30.3 Å². The average molecular weight is 376 g/mol. The highest BCUT2D eigenvalue weighted by molar-refractivity contribution is 14.0. The highest BCUT2D eigenvalue weighted by Gasteiger charge is 2.00. The van der Waals surface area contributed by atoms with Crippen LogP contribution >= 0.6 is 24.0 Å². The van der Waals surface area contributed by atoms with Gasteiger partial charge < -0.3 is 16.0 Å². The van der Waals surface area contributed by atoms with Gasteiger partial charge in [0.25, 0.3) is 0 Å². The predicted octanol–water partition coefficient (Wildman–Crippen LogP) is 2.44. The van der Waals surface area contributed by atoms with Gasteiger partial charge in [-0.15, -0.1) is 24.0 Å². The minimum Gasteiger partial charge on any atom is -0.373 e. The molecule has 0 fully saturated rings. The number of nitrogens with one attached hydrogen (secondary N) is 1. The van der Waals surface area contributed by atoms with Crippen LogP contribution in [0.5, 0.6) is 0 Å². The summed E-state index contributed by atoms with van der Waals surface area (Å²) in [7, 11) is 2.06. The number of aliphatic imine (C=N–C) groups is 1. The molecule has 0 aliphatic carbocycles. The van der Waals surface area contributed by atoms with Crippen molar-refractivity contribution in [2.24, 2.45) is 10.7 Å². The number of guanidine groups is 1. The van der Waals surface area contributed by atoms with Crippen molar-refractivity contribution in [2.75, 3.05) is 25.0 Å². The van der Waals surface area contributed by atoms with E-state index in [0.29, 0.717) is 18.5 Å². The van der Waals surface area contributed by atoms with Gasteiger partial charge in [0.2, 0.25) is 0 Å². The quantitative estimate of drug-likeness (QED) is 0.456. The van der Waals surface area contributed by atoms with Gasteiger partial charge in [-0.05, 0) is 25.5 Å². The van der Waals surface area contributed by atoms with E-state index in [1.54, 1.807) is 0 Å². The number of benzene rings is 1. The molecule has 19 heavy (non-hydrogen) atoms. The zero-order valence-electron chi connectivity index (χ0n) is 12.0. The third-order valence-corrected chi connectivity index (χ3v) is 2.92. The summed E-state index contributed by atoms with van der Waals surface area (Å²) in [5, 5.41) is 3.15. The Kier molecular flexibility index (Phi) is 9.38. The molecule has 1 aromatic carbocycles. The monoisotopic (exact) mass is 376 g/mol. The van der Waals surface area contributed by atoms with Gasteiger partial charge in [0.15, 0.2) is 5.96 Å². The maximum atomic E-state index is 5.80. The predicted molar refractivity (Wildman–Crippen MR) is 94.5 cm³/mol. The molecule has 0 saturated heterocycles. The van der Waals surface area contributed by atoms with Crippen LogP contribution < -0.4 is 16.0 Å². The van der Waals surface area contributed by atoms with Crippen LogP contribution in [0.25, 0.3) is 0 Å². The van der Waals surface area contributed by atoms with Crippen molar-refractivity contribution in [2.45, 2.75) is 26.3 Å². The van der Waals surface area contributed by atoms with E-state index in [4.69, 9.17) is 5.73 Å². The summed E-state index contributed by atoms with van der Waals surface area (Å²) in [4.78, 5) is 6.49. The Morgan fingerprint density at radius 2 is 2.00 bits per heavy atom. The van der Waals surface area contributed by atoms with Crippen LogP contribution in [0.1, 0.15) is 20.3 Å². The number of hydrogen-bond donors (Lipinski definition) is 2. The summed E-state index contributed by atoms with van der Waals surface area (Å²) in [5.74, 6) is 0.533. The number of anilines is 1. The molecule has 0 aliphatic rings. The number of nitrogens with two attached hydrogens (primary N) is 1. The number of nitrogens with zero attached hydrogens (tertiary/aromatic N) is 2. The highest BCUT2D eigenvalue weighted by atomic mass is 127. The first kappa shape index (κ1) is 18.0. The first-order valence-corrected chi connectivity index (χ1v) is 6.46. The molecular weight excluding hydrogens is 351 g/mol. The van der Waals surface area contributed by atoms with Crippen LogP contribution in [0.2, 0.25) is 0 Å². The Bertz CT molecular complexity index is 367. The largest absolute Gasteiger partial charge is 0.373 e. The van der Waals surface area contributed by atoms with Crippen molar-refractivity contribution < 1.29 is 0 Å². The van der Waals surface area contributed by atoms with Crippen molar-refractivity contribution in [3.63, 3.8) is 0 Å². The molecule has 0 saturated carbocycles. The van der Waals surface area contributed by atoms with Gasteiger partial charge in [0.1, 0.15) is 0 Å². The summed E-state index contributed by atoms with van der Waals surface area (Å²) in [6.07, 6.45) is 1.04. The first-order chi connectivity index (χ1) is 8.63. The fraction of sp³-hybridized carbons (Fsp3) is 0.500. The van der Waals surface area contributed by atoms with E-state index >= 15 is 0 Å². The number of para-hydroxylation sites is 1. The minimum atomic E-state index is 0. The van der Waals surface area contributed by atoms with Gasteiger partial charge in [0.05, 0.1) is 6.54 Å². The van der Waals surface area contributed by atoms with Crippen LogP contribution in [0.15, 0.2) is 35.3 Å². The molecule has 0 heterocycles. The standard InChI is InChI=1S/C14H24N4.HI/c1-4-12(2)17-14(15)16-10-11-18(3)13-8-6-5-7-9-13;/h5-9,12H,4,10-11H2,1-3H3,(H3,15,16,17);1H. The smallest absolute Gasteiger partial charge is 0.188 e. The summed E-state index contributed by atoms with van der Waals surface area (Å²) in [5.41, 5.74) is 6.99. The molecule has 4 nitrogen and oxygen atoms in total. The SMILES string of the molecule is CCC(C)NC(N)=NCCN(C)c1ccccc1.I. The van der Waals surface area contributed by atoms with Gasteiger partial charge >= 0.3 is 0 Å². The van der Waals surface area contributed by atoms with Crippen LogP contribution in [0.4, 0.5) is 5.69 Å². The molecule has 108 valence electrons. The maximum Gasteiger partial charge on any atom is 0.188 e. The minimum absolute atomic E-state index is 0. The van der Waals surface area contributed by atoms with Gasteiger partial charge in [-0.1, -0.05) is 25.1 Å². The molecular formula is C14H25IN4. The van der Waals surface area contributed by atoms with Crippen molar-refractivity contribution >= 4 is 35.6 Å². The molecule has 3 N–H and O–H groups in total. The normalized spacial score (nSPS) is 12.5. The van der Waals surface area contributed by atoms with E-state index in [1.165, 1.54) is 5.69 Å². The average Bonchev–Trinajstić information content (AvgIpc) is 2.39. The van der Waals surface area contributed by atoms with Crippen LogP contribution in [-0.2, 0) is 0 Å². The summed E-state index contributed by atoms with van der Waals surface area (Å²) >= 11 is 0. The Labute approximate surface area is 133 Å². The second kappa shape index (κ2) is 9.89. The molecule has 0 aliphatic heterocycles. The number of hydrogen-bond acceptors (Lipinski definition) is 2. The molecule has 0 bridgehead atoms. The molecule has 0 spiro atoms. The van der Waals surface area contributed by atoms with Gasteiger partial charge in [-0.2, -0.15) is 0 Å². The lowest BCUT2D eigenvalue weighted by atomic mass is 10.3. The number of halogens is 1. The molecule has 5 heteroatoms. The van der Waals surface area contributed by atoms with Gasteiger partial charge in [-0.3, -0.25) is 4.99 Å². The second-order valence-electron chi connectivity index (χ2n) is 4.48. The summed E-state index contributed by atoms with van der Waals surface area (Å²) < 4.78 is 0. The molecule has 1 rings (SSSR count). The molecule has 0 amide bonds. The van der Waals surface area contributed by atoms with Gasteiger partial charge in [-0.25, -0.2) is 0 Å². The lowest BCUT2D eigenvalue weighted by Gasteiger charge is -2.18. The van der Waals surface area contributed by atoms with E-state index < -0.39 is 0 Å². The maximum absolute atomic E-state index is 5.80. The lowest BCUT2D eigenvalue weighted by molar-refractivity contribution is 0.636. The fourth-order valence-corrected chi connectivity index (χ4v) is 1.53. The van der Waals surface area contributed by atoms with Crippen LogP contribution in [-0.4, -0.2) is 32.1 Å². The van der Waals surface area contributed by atoms with E-state index in [-0.39, 0.29) is 24.0 Å². The second-order valence-corrected chi connectivity index (χ2v) is 4.48. The molecule has 0 aromatic heterocycles. The molecule has 1 aromatic rings. The summed E-state index contributed by atoms with van der Waals surface area (Å²) in [6.45, 7) is 5.76. The van der Waals surface area contributed by atoms with E-state index in [2.05, 4.69) is 48.2 Å². The number of rotatable bonds is 6. The van der Waals surface area contributed by atoms with Crippen LogP contribution in [0.3, 0.4) is 0 Å². The summed E-state index contributed by atoms with van der Waals surface area (Å²) in [6, 6.07) is 10.6. The zero-order chi connectivity index (χ0) is 13.4. The molecule has 1 atom stereocenters. The van der Waals surface area contributed by atoms with Crippen molar-refractivity contribution in [3.8, 4) is 0 Å². The Hall–Kier alpha value is -0.980. The van der Waals surface area contributed by atoms with Crippen LogP contribution in [0, 0.1) is 0 Å². The Morgan fingerprint density at radius 1 is 1.37 bits per heavy atom.